The molecule has 19 heavy (non-hydrogen) atoms. The predicted molar refractivity (Wildman–Crippen MR) is 94.7 cm³/mol. The summed E-state index contributed by atoms with van der Waals surface area (Å²) in [5.74, 6) is 1.09. The van der Waals surface area contributed by atoms with Crippen molar-refractivity contribution in [2.45, 2.75) is 39.3 Å². The molecule has 1 aromatic carbocycles. The van der Waals surface area contributed by atoms with Crippen molar-refractivity contribution in [3.63, 3.8) is 0 Å². The summed E-state index contributed by atoms with van der Waals surface area (Å²) in [4.78, 5) is 9.01. The van der Waals surface area contributed by atoms with Crippen molar-refractivity contribution >= 4 is 44.4 Å². The molecule has 0 radical (unpaired) electrons. The Morgan fingerprint density at radius 2 is 1.63 bits per heavy atom. The molecule has 0 aliphatic carbocycles. The molecule has 1 heterocycles. The van der Waals surface area contributed by atoms with Crippen LogP contribution in [0, 0.1) is 0 Å². The fourth-order valence-corrected chi connectivity index (χ4v) is 12.4. The van der Waals surface area contributed by atoms with Crippen molar-refractivity contribution in [3.8, 4) is 0 Å². The van der Waals surface area contributed by atoms with Crippen LogP contribution in [0.3, 0.4) is 0 Å². The topological polar surface area (TPSA) is 0 Å². The third kappa shape index (κ3) is 5.52. The minimum atomic E-state index is -1.89. The Morgan fingerprint density at radius 3 is 2.21 bits per heavy atom. The van der Waals surface area contributed by atoms with Crippen molar-refractivity contribution in [3.05, 3.63) is 47.3 Å². The van der Waals surface area contributed by atoms with Crippen LogP contribution in [0.1, 0.15) is 19.4 Å². The van der Waals surface area contributed by atoms with E-state index in [1.165, 1.54) is 10.5 Å². The first-order valence-electron chi connectivity index (χ1n) is 6.82. The fraction of sp³-hybridized carbons (Fsp3) is 0.375. The van der Waals surface area contributed by atoms with Gasteiger partial charge in [-0.1, -0.05) is 13.8 Å². The summed E-state index contributed by atoms with van der Waals surface area (Å²) in [5.41, 5.74) is 1.42. The molecule has 0 aliphatic rings. The van der Waals surface area contributed by atoms with Crippen molar-refractivity contribution < 1.29 is 0 Å². The van der Waals surface area contributed by atoms with Gasteiger partial charge < -0.3 is 0 Å². The van der Waals surface area contributed by atoms with E-state index in [9.17, 15) is 0 Å². The van der Waals surface area contributed by atoms with Gasteiger partial charge in [0, 0.05) is 0 Å². The number of benzene rings is 1. The molecule has 2 aromatic rings. The van der Waals surface area contributed by atoms with Gasteiger partial charge in [0.25, 0.3) is 0 Å². The fourth-order valence-electron chi connectivity index (χ4n) is 1.69. The summed E-state index contributed by atoms with van der Waals surface area (Å²) in [6.07, 6.45) is 0. The molecule has 0 bridgehead atoms. The Balaban J connectivity index is 0.000000861. The molecule has 104 valence electrons. The Morgan fingerprint density at radius 1 is 1.00 bits per heavy atom. The zero-order chi connectivity index (χ0) is 14.3. The van der Waals surface area contributed by atoms with Gasteiger partial charge in [-0.15, -0.1) is 0 Å². The maximum atomic E-state index is 2.49. The molecule has 0 unspecified atom stereocenters. The van der Waals surface area contributed by atoms with Gasteiger partial charge in [-0.05, 0) is 0 Å². The first-order chi connectivity index (χ1) is 9.07. The summed E-state index contributed by atoms with van der Waals surface area (Å²) < 4.78 is 1.71. The molecule has 1 aromatic heterocycles. The third-order valence-corrected chi connectivity index (χ3v) is 14.8. The number of thiophene rings is 1. The van der Waals surface area contributed by atoms with Gasteiger partial charge >= 0.3 is 117 Å². The molecule has 0 saturated heterocycles. The Kier molecular flexibility index (Phi) is 7.55. The first-order valence-corrected chi connectivity index (χ1v) is 18.7. The van der Waals surface area contributed by atoms with E-state index >= 15 is 0 Å². The molecule has 3 heteroatoms. The van der Waals surface area contributed by atoms with Gasteiger partial charge in [0.15, 0.2) is 0 Å². The average molecular weight is 399 g/mol. The number of rotatable bonds is 4. The van der Waals surface area contributed by atoms with Crippen molar-refractivity contribution in [1.82, 2.24) is 0 Å². The number of hydrogen-bond acceptors (Lipinski definition) is 2. The Hall–Kier alpha value is 0.0687. The minimum absolute atomic E-state index is 1.09. The maximum absolute atomic E-state index is 2.49. The molecule has 0 N–H and O–H groups in total. The van der Waals surface area contributed by atoms with E-state index in [1.54, 1.807) is 2.89 Å². The molecule has 0 fully saturated rings. The monoisotopic (exact) mass is 400 g/mol. The third-order valence-electron chi connectivity index (χ3n) is 2.55. The van der Waals surface area contributed by atoms with Crippen molar-refractivity contribution in [2.24, 2.45) is 0 Å². The molecule has 0 aliphatic heterocycles. The van der Waals surface area contributed by atoms with E-state index in [2.05, 4.69) is 56.6 Å². The van der Waals surface area contributed by atoms with Crippen molar-refractivity contribution in [2.75, 3.05) is 0 Å². The van der Waals surface area contributed by atoms with Crippen LogP contribution in [0.4, 0.5) is 0 Å². The number of hydrogen-bond donors (Lipinski definition) is 0. The van der Waals surface area contributed by atoms with Gasteiger partial charge in [-0.25, -0.2) is 0 Å². The molecule has 0 amide bonds. The standard InChI is InChI=1S/C11H9S2.C2H6.3CH3.Sn/c1-2-4-10(5-3-1)8-13-11-6-7-12-9-11;1-2;;;;/h1-7H,8H2;1-2H3;3*1H3;. The second-order valence-electron chi connectivity index (χ2n) is 5.14. The molecule has 0 atom stereocenters. The van der Waals surface area contributed by atoms with Crippen molar-refractivity contribution in [1.29, 1.82) is 0 Å². The molecular formula is C16H24S2Sn. The van der Waals surface area contributed by atoms with E-state index < -0.39 is 18.4 Å². The van der Waals surface area contributed by atoms with Gasteiger partial charge in [-0.3, -0.25) is 0 Å². The van der Waals surface area contributed by atoms with Gasteiger partial charge in [0.05, 0.1) is 0 Å². The van der Waals surface area contributed by atoms with Crippen LogP contribution in [0.25, 0.3) is 0 Å². The zero-order valence-electron chi connectivity index (χ0n) is 12.6. The second kappa shape index (κ2) is 8.38. The van der Waals surface area contributed by atoms with Crippen LogP contribution in [0.5, 0.6) is 0 Å². The Labute approximate surface area is 130 Å². The molecule has 0 spiro atoms. The predicted octanol–water partition coefficient (Wildman–Crippen LogP) is 5.61. The Bertz CT molecular complexity index is 469. The average Bonchev–Trinajstić information content (AvgIpc) is 2.88. The summed E-state index contributed by atoms with van der Waals surface area (Å²) in [6, 6.07) is 13.0. The van der Waals surface area contributed by atoms with Crippen LogP contribution in [0.2, 0.25) is 14.8 Å². The van der Waals surface area contributed by atoms with Crippen LogP contribution in [-0.2, 0) is 5.75 Å². The van der Waals surface area contributed by atoms with Gasteiger partial charge in [-0.2, -0.15) is 0 Å². The number of thioether (sulfide) groups is 1. The summed E-state index contributed by atoms with van der Waals surface area (Å²) in [5, 5.41) is 2.25. The van der Waals surface area contributed by atoms with E-state index in [-0.39, 0.29) is 0 Å². The normalized spacial score (nSPS) is 10.8. The summed E-state index contributed by atoms with van der Waals surface area (Å²) in [7, 11) is 0. The van der Waals surface area contributed by atoms with Crippen LogP contribution < -0.4 is 2.89 Å². The van der Waals surface area contributed by atoms with E-state index in [4.69, 9.17) is 0 Å². The van der Waals surface area contributed by atoms with Crippen LogP contribution in [0.15, 0.2) is 46.7 Å². The molecular weight excluding hydrogens is 375 g/mol. The van der Waals surface area contributed by atoms with Crippen LogP contribution >= 0.6 is 23.1 Å². The molecule has 0 saturated carbocycles. The van der Waals surface area contributed by atoms with Crippen LogP contribution in [-0.4, -0.2) is 18.4 Å². The van der Waals surface area contributed by atoms with E-state index in [0.717, 1.165) is 5.75 Å². The summed E-state index contributed by atoms with van der Waals surface area (Å²) >= 11 is 2.07. The molecule has 2 rings (SSSR count). The van der Waals surface area contributed by atoms with Gasteiger partial charge in [0.1, 0.15) is 0 Å². The van der Waals surface area contributed by atoms with Gasteiger partial charge in [0.2, 0.25) is 0 Å². The quantitative estimate of drug-likeness (QED) is 0.476. The van der Waals surface area contributed by atoms with E-state index in [0.29, 0.717) is 0 Å². The van der Waals surface area contributed by atoms with E-state index in [1.807, 2.05) is 36.9 Å². The SMILES string of the molecule is CC.[CH3][Sn]([CH3])([CH3])[c]1sccc1SCc1ccccc1. The first kappa shape index (κ1) is 17.1. The summed E-state index contributed by atoms with van der Waals surface area (Å²) in [6.45, 7) is 4.00. The second-order valence-corrected chi connectivity index (χ2v) is 22.4. The zero-order valence-corrected chi connectivity index (χ0v) is 17.1. The molecule has 0 nitrogen and oxygen atoms in total.